The highest BCUT2D eigenvalue weighted by Crippen LogP contribution is 2.50. The number of carbonyl (C=O) groups is 3. The predicted molar refractivity (Wildman–Crippen MR) is 260 cm³/mol. The molecular formula is C39H53N13O18P2S2. The topological polar surface area (TPSA) is 443 Å². The number of nitrogen functional groups attached to an aromatic ring is 2. The number of nitrogens with one attached hydrogen (secondary N) is 2. The molecule has 1 unspecified atom stereocenters. The van der Waals surface area contributed by atoms with Crippen LogP contribution in [0.1, 0.15) is 58.1 Å². The number of nitrogens with zero attached hydrogens (tertiary/aromatic N) is 9. The van der Waals surface area contributed by atoms with E-state index < -0.39 is 113 Å². The van der Waals surface area contributed by atoms with Crippen LogP contribution in [0.2, 0.25) is 0 Å². The van der Waals surface area contributed by atoms with Crippen LogP contribution >= 0.6 is 37.2 Å². The number of aliphatic hydroxyl groups excluding tert-OH is 1. The van der Waals surface area contributed by atoms with Gasteiger partial charge in [-0.2, -0.15) is 4.98 Å². The number of aliphatic hydroxyl groups is 1. The zero-order chi connectivity index (χ0) is 54.0. The molecule has 0 saturated carbocycles. The van der Waals surface area contributed by atoms with Gasteiger partial charge < -0.3 is 65.6 Å². The van der Waals surface area contributed by atoms with Gasteiger partial charge in [0, 0.05) is 35.0 Å². The van der Waals surface area contributed by atoms with E-state index in [-0.39, 0.29) is 55.2 Å². The Morgan fingerprint density at radius 3 is 2.42 bits per heavy atom. The SMILES string of the molecule is CSS[C@@H](CC[C@H](NC(=O)OC(C)(C)C)C(=O)O[C@H]1[C@@H](O)[C@H](n2cnc3c(N)ncnc32)O[C@@H]1COP(=O)(O)O[C@H]1C[C@H](n2ccc(N)nc2=O)O[C@@H]1COP(=O)(O)O)CNC(=O)OCc1ccc(N=[N+]=[N-])cc1. The van der Waals surface area contributed by atoms with Crippen molar-refractivity contribution in [3.8, 4) is 0 Å². The second-order valence-corrected chi connectivity index (χ2v) is 22.5. The molecule has 31 nitrogen and oxygen atoms in total. The number of esters is 1. The highest BCUT2D eigenvalue weighted by atomic mass is 33.1. The van der Waals surface area contributed by atoms with E-state index in [2.05, 4.69) is 45.1 Å². The molecule has 74 heavy (non-hydrogen) atoms. The van der Waals surface area contributed by atoms with Crippen molar-refractivity contribution >= 4 is 83.9 Å². The molecule has 3 aromatic heterocycles. The Morgan fingerprint density at radius 1 is 1.01 bits per heavy atom. The summed E-state index contributed by atoms with van der Waals surface area (Å²) < 4.78 is 71.4. The number of ether oxygens (including phenoxy) is 5. The molecule has 2 fully saturated rings. The molecule has 10 atom stereocenters. The number of carbonyl (C=O) groups excluding carboxylic acids is 3. The summed E-state index contributed by atoms with van der Waals surface area (Å²) in [7, 11) is -7.71. The number of anilines is 2. The molecule has 6 rings (SSSR count). The first-order valence-electron chi connectivity index (χ1n) is 22.0. The van der Waals surface area contributed by atoms with Gasteiger partial charge in [0.15, 0.2) is 23.8 Å². The normalized spacial score (nSPS) is 22.5. The third kappa shape index (κ3) is 16.4. The van der Waals surface area contributed by atoms with E-state index in [1.165, 1.54) is 44.7 Å². The summed E-state index contributed by atoms with van der Waals surface area (Å²) >= 11 is 0. The van der Waals surface area contributed by atoms with Crippen LogP contribution in [-0.2, 0) is 57.8 Å². The highest BCUT2D eigenvalue weighted by molar-refractivity contribution is 8.76. The maximum Gasteiger partial charge on any atom is 0.472 e. The number of hydrogen-bond donors (Lipinski definition) is 8. The number of benzene rings is 1. The third-order valence-corrected chi connectivity index (χ3v) is 14.3. The number of alkyl carbamates (subject to hydrolysis) is 2. The molecule has 0 spiro atoms. The molecule has 2 aliphatic rings. The first-order chi connectivity index (χ1) is 34.9. The number of fused-ring (bicyclic) bond motifs is 1. The number of phosphoric acid groups is 2. The Kier molecular flexibility index (Phi) is 19.7. The first-order valence-corrected chi connectivity index (χ1v) is 27.6. The largest absolute Gasteiger partial charge is 0.472 e. The van der Waals surface area contributed by atoms with E-state index in [0.29, 0.717) is 11.3 Å². The number of amides is 2. The molecule has 404 valence electrons. The number of imidazole rings is 1. The van der Waals surface area contributed by atoms with Crippen LogP contribution in [0.5, 0.6) is 0 Å². The van der Waals surface area contributed by atoms with E-state index in [9.17, 15) is 48.1 Å². The van der Waals surface area contributed by atoms with Crippen molar-refractivity contribution in [3.05, 3.63) is 75.7 Å². The number of hydrogen-bond acceptors (Lipinski definition) is 24. The van der Waals surface area contributed by atoms with Gasteiger partial charge >= 0.3 is 39.5 Å². The maximum absolute atomic E-state index is 14.3. The van der Waals surface area contributed by atoms with Gasteiger partial charge in [-0.3, -0.25) is 22.7 Å². The summed E-state index contributed by atoms with van der Waals surface area (Å²) in [6.07, 6.45) is -7.73. The average Bonchev–Trinajstić information content (AvgIpc) is 4.02. The van der Waals surface area contributed by atoms with Crippen LogP contribution in [0.15, 0.2) is 59.1 Å². The van der Waals surface area contributed by atoms with Gasteiger partial charge in [-0.15, -0.1) is 0 Å². The predicted octanol–water partition coefficient (Wildman–Crippen LogP) is 3.24. The van der Waals surface area contributed by atoms with Crippen molar-refractivity contribution in [2.45, 2.75) is 107 Å². The number of azide groups is 1. The molecule has 2 saturated heterocycles. The zero-order valence-electron chi connectivity index (χ0n) is 39.7. The van der Waals surface area contributed by atoms with Crippen LogP contribution in [0.3, 0.4) is 0 Å². The van der Waals surface area contributed by atoms with Crippen molar-refractivity contribution in [3.63, 3.8) is 0 Å². The number of phosphoric ester groups is 2. The van der Waals surface area contributed by atoms with Crippen LogP contribution in [0.4, 0.5) is 26.9 Å². The minimum absolute atomic E-state index is 0.0288. The second kappa shape index (κ2) is 25.3. The summed E-state index contributed by atoms with van der Waals surface area (Å²) in [5.74, 6) is -1.28. The number of nitrogens with two attached hydrogens (primary N) is 2. The van der Waals surface area contributed by atoms with Crippen molar-refractivity contribution in [1.29, 1.82) is 0 Å². The van der Waals surface area contributed by atoms with Gasteiger partial charge in [-0.1, -0.05) is 51.0 Å². The fourth-order valence-electron chi connectivity index (χ4n) is 7.30. The van der Waals surface area contributed by atoms with Gasteiger partial charge in [0.1, 0.15) is 66.6 Å². The van der Waals surface area contributed by atoms with Crippen molar-refractivity contribution in [1.82, 2.24) is 39.7 Å². The summed E-state index contributed by atoms with van der Waals surface area (Å²) in [5, 5.41) is 20.2. The van der Waals surface area contributed by atoms with Gasteiger partial charge in [0.05, 0.1) is 19.5 Å². The summed E-state index contributed by atoms with van der Waals surface area (Å²) in [5.41, 5.74) is 19.5. The van der Waals surface area contributed by atoms with Gasteiger partial charge in [0.25, 0.3) is 0 Å². The van der Waals surface area contributed by atoms with E-state index in [0.717, 1.165) is 10.9 Å². The lowest BCUT2D eigenvalue weighted by molar-refractivity contribution is -0.159. The molecular weight excluding hydrogens is 1060 g/mol. The number of aromatic nitrogens is 6. The Hall–Kier alpha value is -5.63. The molecule has 35 heteroatoms. The molecule has 10 N–H and O–H groups in total. The molecule has 0 bridgehead atoms. The minimum atomic E-state index is -5.31. The highest BCUT2D eigenvalue weighted by Gasteiger charge is 2.50. The molecule has 5 heterocycles. The summed E-state index contributed by atoms with van der Waals surface area (Å²) in [4.78, 5) is 101. The van der Waals surface area contributed by atoms with Crippen molar-refractivity contribution in [2.75, 3.05) is 37.5 Å². The Balaban J connectivity index is 1.19. The van der Waals surface area contributed by atoms with E-state index in [1.54, 1.807) is 51.3 Å². The van der Waals surface area contributed by atoms with Gasteiger partial charge in [-0.25, -0.2) is 43.3 Å². The lowest BCUT2D eigenvalue weighted by atomic mass is 10.1. The molecule has 0 aliphatic carbocycles. The van der Waals surface area contributed by atoms with Crippen LogP contribution in [0.25, 0.3) is 21.6 Å². The molecule has 4 aromatic rings. The minimum Gasteiger partial charge on any atom is -0.455 e. The van der Waals surface area contributed by atoms with Crippen molar-refractivity contribution in [2.24, 2.45) is 5.11 Å². The quantitative estimate of drug-likeness (QED) is 0.0100. The standard InChI is InChI=1S/C39H53N13O18P2S2/c1-39(2,3)69-38(57)47-23(10-9-22(74-73-4)14-43-37(56)63-15-20-5-7-21(8-6-20)49-50-42)35(54)68-31-26(67-34(30(31)53)52-19-46-29-32(41)44-18-45-33(29)52)17-65-72(61,62)70-24-13-28(51-12-11-27(40)48-36(51)55)66-25(24)16-64-71(58,59)60/h5-8,11-12,18-19,22-26,28,30-31,34,53H,9-10,13-17H2,1-4H3,(H,43,56)(H,47,57)(H,61,62)(H2,40,48,55)(H2,41,44,45)(H2,58,59,60)/t22-,23-,24-,25+,26+,28+,30+,31+,34+/m0/s1. The van der Waals surface area contributed by atoms with E-state index in [4.69, 9.17) is 49.7 Å². The average molecular weight is 1120 g/mol. The van der Waals surface area contributed by atoms with E-state index in [1.807, 2.05) is 0 Å². The summed E-state index contributed by atoms with van der Waals surface area (Å²) in [6.45, 7) is 2.90. The monoisotopic (exact) mass is 1120 g/mol. The van der Waals surface area contributed by atoms with Gasteiger partial charge in [0.2, 0.25) is 0 Å². The Morgan fingerprint density at radius 2 is 1.74 bits per heavy atom. The molecule has 0 radical (unpaired) electrons. The van der Waals surface area contributed by atoms with E-state index >= 15 is 0 Å². The fourth-order valence-corrected chi connectivity index (χ4v) is 10.6. The lowest BCUT2D eigenvalue weighted by Gasteiger charge is -2.27. The maximum atomic E-state index is 14.3. The Labute approximate surface area is 427 Å². The van der Waals surface area contributed by atoms with Crippen LogP contribution in [0, 0.1) is 0 Å². The van der Waals surface area contributed by atoms with Crippen LogP contribution < -0.4 is 27.8 Å². The fraction of sp³-hybridized carbons (Fsp3) is 0.538. The Bertz CT molecular complexity index is 2820. The molecule has 1 aromatic carbocycles. The smallest absolute Gasteiger partial charge is 0.455 e. The lowest BCUT2D eigenvalue weighted by Crippen LogP contribution is -2.48. The van der Waals surface area contributed by atoms with Gasteiger partial charge in [-0.05, 0) is 57.0 Å². The summed E-state index contributed by atoms with van der Waals surface area (Å²) in [6, 6.07) is 6.15. The zero-order valence-corrected chi connectivity index (χ0v) is 43.1. The third-order valence-electron chi connectivity index (χ3n) is 10.6. The molecule has 2 aliphatic heterocycles. The van der Waals surface area contributed by atoms with Crippen LogP contribution in [-0.4, -0.2) is 140 Å². The second-order valence-electron chi connectivity index (χ2n) is 17.1. The van der Waals surface area contributed by atoms with Crippen molar-refractivity contribution < 1.29 is 80.6 Å². The first kappa shape index (κ1) is 57.6. The molecule has 2 amide bonds. The number of rotatable bonds is 23.